The van der Waals surface area contributed by atoms with E-state index < -0.39 is 15.8 Å². The molecule has 0 saturated heterocycles. The van der Waals surface area contributed by atoms with Gasteiger partial charge in [-0.15, -0.1) is 0 Å². The molecule has 2 rings (SSSR count). The van der Waals surface area contributed by atoms with Crippen LogP contribution in [0.5, 0.6) is 5.75 Å². The zero-order valence-corrected chi connectivity index (χ0v) is 14.0. The van der Waals surface area contributed by atoms with E-state index in [4.69, 9.17) is 4.74 Å². The molecule has 0 saturated carbocycles. The lowest BCUT2D eigenvalue weighted by Crippen LogP contribution is -2.23. The third kappa shape index (κ3) is 4.20. The summed E-state index contributed by atoms with van der Waals surface area (Å²) in [4.78, 5) is 1.81. The molecule has 124 valence electrons. The fourth-order valence-electron chi connectivity index (χ4n) is 1.99. The summed E-state index contributed by atoms with van der Waals surface area (Å²) in [6, 6.07) is 11.0. The molecule has 7 heteroatoms. The number of ether oxygens (including phenoxy) is 1. The van der Waals surface area contributed by atoms with Gasteiger partial charge in [-0.2, -0.15) is 0 Å². The molecule has 2 aromatic carbocycles. The van der Waals surface area contributed by atoms with Crippen LogP contribution in [0, 0.1) is 5.82 Å². The molecule has 0 radical (unpaired) electrons. The molecule has 0 unspecified atom stereocenters. The predicted molar refractivity (Wildman–Crippen MR) is 87.7 cm³/mol. The molecule has 0 amide bonds. The fraction of sp³-hybridized carbons (Fsp3) is 0.250. The number of hydrogen-bond acceptors (Lipinski definition) is 4. The van der Waals surface area contributed by atoms with Crippen LogP contribution in [-0.2, 0) is 16.6 Å². The first-order valence-corrected chi connectivity index (χ1v) is 8.41. The first-order valence-electron chi connectivity index (χ1n) is 6.93. The number of benzene rings is 2. The molecule has 0 aliphatic rings. The van der Waals surface area contributed by atoms with Gasteiger partial charge in [-0.25, -0.2) is 17.5 Å². The van der Waals surface area contributed by atoms with Crippen molar-refractivity contribution in [3.05, 3.63) is 53.8 Å². The Balaban J connectivity index is 2.10. The van der Waals surface area contributed by atoms with Crippen LogP contribution in [0.4, 0.5) is 10.1 Å². The summed E-state index contributed by atoms with van der Waals surface area (Å²) in [6.45, 7) is 0.129. The Morgan fingerprint density at radius 2 is 1.78 bits per heavy atom. The van der Waals surface area contributed by atoms with Crippen molar-refractivity contribution in [2.45, 2.75) is 11.4 Å². The maximum atomic E-state index is 13.6. The molecule has 0 bridgehead atoms. The molecule has 1 N–H and O–H groups in total. The first kappa shape index (κ1) is 17.2. The topological polar surface area (TPSA) is 58.6 Å². The van der Waals surface area contributed by atoms with E-state index in [0.29, 0.717) is 0 Å². The maximum absolute atomic E-state index is 13.6. The van der Waals surface area contributed by atoms with E-state index in [2.05, 4.69) is 4.72 Å². The average molecular weight is 338 g/mol. The highest BCUT2D eigenvalue weighted by Gasteiger charge is 2.16. The highest BCUT2D eigenvalue weighted by Crippen LogP contribution is 2.20. The Bertz CT molecular complexity index is 774. The normalized spacial score (nSPS) is 11.3. The summed E-state index contributed by atoms with van der Waals surface area (Å²) >= 11 is 0. The highest BCUT2D eigenvalue weighted by molar-refractivity contribution is 7.89. The van der Waals surface area contributed by atoms with Crippen LogP contribution in [0.1, 0.15) is 5.56 Å². The molecule has 2 aromatic rings. The molecule has 0 atom stereocenters. The van der Waals surface area contributed by atoms with Gasteiger partial charge in [-0.05, 0) is 35.9 Å². The standard InChI is InChI=1S/C16H19FN2O3S/c1-19(2)13-6-4-12(5-7-13)11-18-23(20,21)14-8-9-16(22-3)15(17)10-14/h4-10,18H,11H2,1-3H3. The molecule has 23 heavy (non-hydrogen) atoms. The third-order valence-electron chi connectivity index (χ3n) is 3.35. The molecule has 0 spiro atoms. The quantitative estimate of drug-likeness (QED) is 0.879. The fourth-order valence-corrected chi connectivity index (χ4v) is 3.02. The minimum Gasteiger partial charge on any atom is -0.494 e. The summed E-state index contributed by atoms with van der Waals surface area (Å²) in [7, 11) is 1.39. The lowest BCUT2D eigenvalue weighted by Gasteiger charge is -2.13. The van der Waals surface area contributed by atoms with Gasteiger partial charge in [0.1, 0.15) is 0 Å². The third-order valence-corrected chi connectivity index (χ3v) is 4.75. The van der Waals surface area contributed by atoms with E-state index >= 15 is 0 Å². The SMILES string of the molecule is COc1ccc(S(=O)(=O)NCc2ccc(N(C)C)cc2)cc1F. The minimum atomic E-state index is -3.79. The summed E-state index contributed by atoms with van der Waals surface area (Å²) < 4.78 is 45.3. The van der Waals surface area contributed by atoms with Crippen LogP contribution in [0.15, 0.2) is 47.4 Å². The van der Waals surface area contributed by atoms with Crippen molar-refractivity contribution in [3.8, 4) is 5.75 Å². The second kappa shape index (κ2) is 6.97. The van der Waals surface area contributed by atoms with Gasteiger partial charge in [0.25, 0.3) is 0 Å². The summed E-state index contributed by atoms with van der Waals surface area (Å²) in [6.07, 6.45) is 0. The minimum absolute atomic E-state index is 0.00299. The van der Waals surface area contributed by atoms with Crippen molar-refractivity contribution >= 4 is 15.7 Å². The van der Waals surface area contributed by atoms with Crippen LogP contribution in [-0.4, -0.2) is 29.6 Å². The van der Waals surface area contributed by atoms with Crippen molar-refractivity contribution in [1.82, 2.24) is 4.72 Å². The maximum Gasteiger partial charge on any atom is 0.240 e. The van der Waals surface area contributed by atoms with E-state index in [0.717, 1.165) is 17.3 Å². The van der Waals surface area contributed by atoms with Crippen molar-refractivity contribution in [3.63, 3.8) is 0 Å². The van der Waals surface area contributed by atoms with Crippen molar-refractivity contribution in [2.24, 2.45) is 0 Å². The predicted octanol–water partition coefficient (Wildman–Crippen LogP) is 2.38. The van der Waals surface area contributed by atoms with Gasteiger partial charge in [0.2, 0.25) is 10.0 Å². The number of halogens is 1. The van der Waals surface area contributed by atoms with Gasteiger partial charge in [0.15, 0.2) is 11.6 Å². The van der Waals surface area contributed by atoms with E-state index in [1.807, 2.05) is 43.3 Å². The zero-order chi connectivity index (χ0) is 17.0. The number of nitrogens with one attached hydrogen (secondary N) is 1. The second-order valence-corrected chi connectivity index (χ2v) is 6.95. The largest absolute Gasteiger partial charge is 0.494 e. The summed E-state index contributed by atoms with van der Waals surface area (Å²) in [5, 5.41) is 0. The van der Waals surface area contributed by atoms with Crippen LogP contribution in [0.25, 0.3) is 0 Å². The van der Waals surface area contributed by atoms with E-state index in [1.54, 1.807) is 0 Å². The molecule has 5 nitrogen and oxygen atoms in total. The smallest absolute Gasteiger partial charge is 0.240 e. The Morgan fingerprint density at radius 3 is 2.30 bits per heavy atom. The zero-order valence-electron chi connectivity index (χ0n) is 13.2. The lowest BCUT2D eigenvalue weighted by atomic mass is 10.2. The monoisotopic (exact) mass is 338 g/mol. The Kier molecular flexibility index (Phi) is 5.23. The van der Waals surface area contributed by atoms with Crippen molar-refractivity contribution in [1.29, 1.82) is 0 Å². The van der Waals surface area contributed by atoms with Crippen LogP contribution >= 0.6 is 0 Å². The molecule has 0 fully saturated rings. The summed E-state index contributed by atoms with van der Waals surface area (Å²) in [5.41, 5.74) is 1.84. The van der Waals surface area contributed by atoms with Gasteiger partial charge in [-0.3, -0.25) is 0 Å². The number of hydrogen-bond donors (Lipinski definition) is 1. The Hall–Kier alpha value is -2.12. The molecule has 0 aromatic heterocycles. The molecule has 0 aliphatic carbocycles. The van der Waals surface area contributed by atoms with Crippen LogP contribution in [0.2, 0.25) is 0 Å². The van der Waals surface area contributed by atoms with Gasteiger partial charge >= 0.3 is 0 Å². The average Bonchev–Trinajstić information content (AvgIpc) is 2.53. The summed E-state index contributed by atoms with van der Waals surface area (Å²) in [5.74, 6) is -0.714. The van der Waals surface area contributed by atoms with Crippen LogP contribution < -0.4 is 14.4 Å². The Labute approximate surface area is 135 Å². The Morgan fingerprint density at radius 1 is 1.13 bits per heavy atom. The van der Waals surface area contributed by atoms with Crippen molar-refractivity contribution in [2.75, 3.05) is 26.1 Å². The second-order valence-electron chi connectivity index (χ2n) is 5.18. The number of nitrogens with zero attached hydrogens (tertiary/aromatic N) is 1. The number of rotatable bonds is 6. The van der Waals surface area contributed by atoms with E-state index in [1.165, 1.54) is 19.2 Å². The number of methoxy groups -OCH3 is 1. The lowest BCUT2D eigenvalue weighted by molar-refractivity contribution is 0.385. The van der Waals surface area contributed by atoms with E-state index in [9.17, 15) is 12.8 Å². The highest BCUT2D eigenvalue weighted by atomic mass is 32.2. The van der Waals surface area contributed by atoms with Crippen LogP contribution in [0.3, 0.4) is 0 Å². The van der Waals surface area contributed by atoms with Gasteiger partial charge in [0.05, 0.1) is 12.0 Å². The number of sulfonamides is 1. The van der Waals surface area contributed by atoms with E-state index in [-0.39, 0.29) is 17.2 Å². The first-order chi connectivity index (χ1) is 10.8. The van der Waals surface area contributed by atoms with Gasteiger partial charge < -0.3 is 9.64 Å². The molecule has 0 heterocycles. The molecular formula is C16H19FN2O3S. The molecule has 0 aliphatic heterocycles. The molecular weight excluding hydrogens is 319 g/mol. The van der Waals surface area contributed by atoms with Crippen molar-refractivity contribution < 1.29 is 17.5 Å². The number of anilines is 1. The van der Waals surface area contributed by atoms with Gasteiger partial charge in [0, 0.05) is 26.3 Å². The van der Waals surface area contributed by atoms with Gasteiger partial charge in [-0.1, -0.05) is 12.1 Å².